The lowest BCUT2D eigenvalue weighted by Gasteiger charge is -1.99. The van der Waals surface area contributed by atoms with Crippen molar-refractivity contribution in [2.24, 2.45) is 10.2 Å². The summed E-state index contributed by atoms with van der Waals surface area (Å²) in [6, 6.07) is 19.7. The molecule has 3 aromatic rings. The van der Waals surface area contributed by atoms with Crippen LogP contribution in [-0.2, 0) is 6.54 Å². The molecule has 5 heteroatoms. The van der Waals surface area contributed by atoms with E-state index in [0.29, 0.717) is 6.54 Å². The van der Waals surface area contributed by atoms with Crippen LogP contribution in [0.3, 0.4) is 0 Å². The zero-order valence-corrected chi connectivity index (χ0v) is 11.3. The first-order valence-corrected chi connectivity index (χ1v) is 6.58. The fourth-order valence-electron chi connectivity index (χ4n) is 1.85. The highest BCUT2D eigenvalue weighted by atomic mass is 15.3. The molecule has 2 aromatic carbocycles. The number of rotatable bonds is 4. The van der Waals surface area contributed by atoms with E-state index < -0.39 is 0 Å². The van der Waals surface area contributed by atoms with Crippen LogP contribution in [-0.4, -0.2) is 15.2 Å². The molecule has 0 atom stereocenters. The van der Waals surface area contributed by atoms with Crippen LogP contribution in [0.4, 0.5) is 5.95 Å². The van der Waals surface area contributed by atoms with Crippen molar-refractivity contribution in [3.05, 3.63) is 72.4 Å². The molecular formula is C16H13N5. The third-order valence-corrected chi connectivity index (χ3v) is 2.87. The number of hydrogen-bond acceptors (Lipinski definition) is 5. The van der Waals surface area contributed by atoms with Gasteiger partial charge in [-0.1, -0.05) is 60.7 Å². The second kappa shape index (κ2) is 6.47. The van der Waals surface area contributed by atoms with E-state index in [4.69, 9.17) is 0 Å². The Labute approximate surface area is 122 Å². The van der Waals surface area contributed by atoms with Gasteiger partial charge in [-0.25, -0.2) is 4.98 Å². The number of aromatic nitrogens is 3. The lowest BCUT2D eigenvalue weighted by Crippen LogP contribution is -1.89. The lowest BCUT2D eigenvalue weighted by molar-refractivity contribution is 0.889. The predicted octanol–water partition coefficient (Wildman–Crippen LogP) is 3.82. The lowest BCUT2D eigenvalue weighted by atomic mass is 10.2. The summed E-state index contributed by atoms with van der Waals surface area (Å²) in [6.07, 6.45) is 1.62. The minimum atomic E-state index is 0.271. The average Bonchev–Trinajstić information content (AvgIpc) is 2.57. The van der Waals surface area contributed by atoms with E-state index in [9.17, 15) is 0 Å². The second-order valence-corrected chi connectivity index (χ2v) is 4.39. The highest BCUT2D eigenvalue weighted by Crippen LogP contribution is 2.17. The normalized spacial score (nSPS) is 10.9. The van der Waals surface area contributed by atoms with Crippen molar-refractivity contribution in [2.75, 3.05) is 0 Å². The van der Waals surface area contributed by atoms with E-state index in [2.05, 4.69) is 25.4 Å². The van der Waals surface area contributed by atoms with Crippen molar-refractivity contribution in [1.82, 2.24) is 15.2 Å². The molecule has 0 aliphatic rings. The maximum Gasteiger partial charge on any atom is 0.287 e. The van der Waals surface area contributed by atoms with Crippen LogP contribution in [0.15, 0.2) is 77.1 Å². The first kappa shape index (κ1) is 13.1. The molecular weight excluding hydrogens is 262 g/mol. The molecule has 1 heterocycles. The molecule has 0 radical (unpaired) electrons. The van der Waals surface area contributed by atoms with Gasteiger partial charge in [0, 0.05) is 5.56 Å². The Balaban J connectivity index is 1.75. The van der Waals surface area contributed by atoms with E-state index >= 15 is 0 Å². The average molecular weight is 275 g/mol. The minimum absolute atomic E-state index is 0.271. The highest BCUT2D eigenvalue weighted by molar-refractivity contribution is 5.58. The molecule has 5 nitrogen and oxygen atoms in total. The van der Waals surface area contributed by atoms with Crippen molar-refractivity contribution >= 4 is 5.95 Å². The molecule has 0 saturated carbocycles. The van der Waals surface area contributed by atoms with Crippen LogP contribution in [0.2, 0.25) is 0 Å². The van der Waals surface area contributed by atoms with Crippen LogP contribution in [0.5, 0.6) is 0 Å². The summed E-state index contributed by atoms with van der Waals surface area (Å²) in [5.41, 5.74) is 2.81. The standard InChI is InChI=1S/C16H13N5/c1-3-7-13(8-4-1)11-17-20-16-19-15(12-18-21-16)14-9-5-2-6-10-14/h1-10,12H,11H2. The quantitative estimate of drug-likeness (QED) is 0.680. The largest absolute Gasteiger partial charge is 0.287 e. The maximum absolute atomic E-state index is 4.34. The van der Waals surface area contributed by atoms with Gasteiger partial charge in [0.05, 0.1) is 18.4 Å². The topological polar surface area (TPSA) is 63.4 Å². The van der Waals surface area contributed by atoms with Crippen molar-refractivity contribution in [3.8, 4) is 11.3 Å². The fourth-order valence-corrected chi connectivity index (χ4v) is 1.85. The second-order valence-electron chi connectivity index (χ2n) is 4.39. The van der Waals surface area contributed by atoms with Gasteiger partial charge >= 0.3 is 0 Å². The van der Waals surface area contributed by atoms with Crippen LogP contribution in [0.25, 0.3) is 11.3 Å². The Morgan fingerprint density at radius 1 is 0.857 bits per heavy atom. The highest BCUT2D eigenvalue weighted by Gasteiger charge is 2.01. The first-order valence-electron chi connectivity index (χ1n) is 6.58. The van der Waals surface area contributed by atoms with Crippen LogP contribution >= 0.6 is 0 Å². The van der Waals surface area contributed by atoms with Crippen molar-refractivity contribution < 1.29 is 0 Å². The Morgan fingerprint density at radius 3 is 2.33 bits per heavy atom. The predicted molar refractivity (Wildman–Crippen MR) is 79.9 cm³/mol. The molecule has 102 valence electrons. The summed E-state index contributed by atoms with van der Waals surface area (Å²) in [4.78, 5) is 4.34. The third kappa shape index (κ3) is 3.54. The van der Waals surface area contributed by atoms with E-state index in [1.807, 2.05) is 60.7 Å². The minimum Gasteiger partial charge on any atom is -0.207 e. The van der Waals surface area contributed by atoms with Gasteiger partial charge in [0.1, 0.15) is 0 Å². The monoisotopic (exact) mass is 275 g/mol. The van der Waals surface area contributed by atoms with E-state index in [0.717, 1.165) is 16.8 Å². The van der Waals surface area contributed by atoms with Gasteiger partial charge < -0.3 is 0 Å². The van der Waals surface area contributed by atoms with Gasteiger partial charge in [0.15, 0.2) is 0 Å². The molecule has 0 aliphatic carbocycles. The van der Waals surface area contributed by atoms with Crippen LogP contribution < -0.4 is 0 Å². The molecule has 0 unspecified atom stereocenters. The number of benzene rings is 2. The molecule has 3 rings (SSSR count). The summed E-state index contributed by atoms with van der Waals surface area (Å²) >= 11 is 0. The van der Waals surface area contributed by atoms with Crippen LogP contribution in [0.1, 0.15) is 5.56 Å². The first-order chi connectivity index (χ1) is 10.4. The van der Waals surface area contributed by atoms with Gasteiger partial charge in [-0.3, -0.25) is 0 Å². The molecule has 0 amide bonds. The molecule has 0 saturated heterocycles. The zero-order valence-electron chi connectivity index (χ0n) is 11.3. The number of azo groups is 1. The van der Waals surface area contributed by atoms with E-state index in [1.54, 1.807) is 6.20 Å². The van der Waals surface area contributed by atoms with E-state index in [1.165, 1.54) is 0 Å². The number of nitrogens with zero attached hydrogens (tertiary/aromatic N) is 5. The third-order valence-electron chi connectivity index (χ3n) is 2.87. The van der Waals surface area contributed by atoms with Crippen molar-refractivity contribution in [3.63, 3.8) is 0 Å². The van der Waals surface area contributed by atoms with Crippen molar-refractivity contribution in [2.45, 2.75) is 6.54 Å². The zero-order chi connectivity index (χ0) is 14.3. The van der Waals surface area contributed by atoms with Gasteiger partial charge in [-0.05, 0) is 5.56 Å². The smallest absolute Gasteiger partial charge is 0.207 e. The van der Waals surface area contributed by atoms with Gasteiger partial charge in [0.2, 0.25) is 0 Å². The van der Waals surface area contributed by atoms with Crippen LogP contribution in [0, 0.1) is 0 Å². The molecule has 0 N–H and O–H groups in total. The molecule has 0 fully saturated rings. The maximum atomic E-state index is 4.34. The molecule has 0 aliphatic heterocycles. The molecule has 0 spiro atoms. The fraction of sp³-hybridized carbons (Fsp3) is 0.0625. The molecule has 0 bridgehead atoms. The SMILES string of the molecule is c1ccc(CN=Nc2nncc(-c3ccccc3)n2)cc1. The summed E-state index contributed by atoms with van der Waals surface area (Å²) in [6.45, 7) is 0.500. The summed E-state index contributed by atoms with van der Waals surface area (Å²) in [7, 11) is 0. The van der Waals surface area contributed by atoms with Gasteiger partial charge in [0.25, 0.3) is 5.95 Å². The summed E-state index contributed by atoms with van der Waals surface area (Å²) in [5.74, 6) is 0.271. The summed E-state index contributed by atoms with van der Waals surface area (Å²) in [5, 5.41) is 15.9. The Bertz CT molecular complexity index is 726. The Kier molecular flexibility index (Phi) is 4.02. The van der Waals surface area contributed by atoms with Gasteiger partial charge in [-0.15, -0.1) is 10.2 Å². The summed E-state index contributed by atoms with van der Waals surface area (Å²) < 4.78 is 0. The van der Waals surface area contributed by atoms with Crippen molar-refractivity contribution in [1.29, 1.82) is 0 Å². The Hall–Kier alpha value is -2.95. The molecule has 21 heavy (non-hydrogen) atoms. The Morgan fingerprint density at radius 2 is 1.57 bits per heavy atom. The van der Waals surface area contributed by atoms with E-state index in [-0.39, 0.29) is 5.95 Å². The molecule has 1 aromatic heterocycles. The van der Waals surface area contributed by atoms with Gasteiger partial charge in [-0.2, -0.15) is 10.2 Å². The number of hydrogen-bond donors (Lipinski definition) is 0.